The fraction of sp³-hybridized carbons (Fsp3) is 0.583. The summed E-state index contributed by atoms with van der Waals surface area (Å²) in [4.78, 5) is 4.00. The molecular weight excluding hydrogens is 204 g/mol. The highest BCUT2D eigenvalue weighted by Crippen LogP contribution is 2.23. The van der Waals surface area contributed by atoms with E-state index in [9.17, 15) is 0 Å². The molecule has 0 atom stereocenters. The molecule has 1 rings (SSSR count). The second-order valence-electron chi connectivity index (χ2n) is 3.25. The molecule has 0 amide bonds. The summed E-state index contributed by atoms with van der Waals surface area (Å²) in [7, 11) is 0. The second kappa shape index (κ2) is 6.58. The van der Waals surface area contributed by atoms with Crippen LogP contribution in [0.3, 0.4) is 0 Å². The van der Waals surface area contributed by atoms with E-state index < -0.39 is 5.91 Å². The molecule has 0 radical (unpaired) electrons. The van der Waals surface area contributed by atoms with Crippen LogP contribution in [0.5, 0.6) is 0 Å². The molecule has 90 valence electrons. The van der Waals surface area contributed by atoms with Crippen LogP contribution in [-0.2, 0) is 15.4 Å². The molecule has 0 saturated heterocycles. The molecular formula is C12H20N2O2. The van der Waals surface area contributed by atoms with Gasteiger partial charge >= 0.3 is 0 Å². The molecule has 0 aliphatic heterocycles. The normalized spacial score (nSPS) is 11.7. The lowest BCUT2D eigenvalue weighted by Gasteiger charge is -2.33. The Morgan fingerprint density at radius 3 is 2.12 bits per heavy atom. The van der Waals surface area contributed by atoms with Crippen LogP contribution in [0.1, 0.15) is 26.3 Å². The first-order valence-corrected chi connectivity index (χ1v) is 5.72. The van der Waals surface area contributed by atoms with Crippen molar-refractivity contribution in [1.29, 1.82) is 0 Å². The first-order chi connectivity index (χ1) is 7.79. The molecule has 0 aliphatic carbocycles. The summed E-state index contributed by atoms with van der Waals surface area (Å²) in [6.45, 7) is 7.85. The fourth-order valence-corrected chi connectivity index (χ4v) is 1.62. The van der Waals surface area contributed by atoms with Crippen LogP contribution < -0.4 is 5.32 Å². The minimum Gasteiger partial charge on any atom is -0.334 e. The van der Waals surface area contributed by atoms with Crippen molar-refractivity contribution in [2.75, 3.05) is 19.8 Å². The van der Waals surface area contributed by atoms with E-state index in [0.717, 1.165) is 12.1 Å². The molecule has 0 spiro atoms. The van der Waals surface area contributed by atoms with Gasteiger partial charge in [0.15, 0.2) is 0 Å². The molecule has 0 unspecified atom stereocenters. The second-order valence-corrected chi connectivity index (χ2v) is 3.25. The summed E-state index contributed by atoms with van der Waals surface area (Å²) < 4.78 is 11.5. The highest BCUT2D eigenvalue weighted by Gasteiger charge is 2.32. The summed E-state index contributed by atoms with van der Waals surface area (Å²) in [6, 6.07) is 3.79. The molecule has 4 nitrogen and oxygen atoms in total. The van der Waals surface area contributed by atoms with Gasteiger partial charge in [-0.25, -0.2) is 0 Å². The predicted molar refractivity (Wildman–Crippen MR) is 62.8 cm³/mol. The third kappa shape index (κ3) is 3.01. The molecule has 4 heteroatoms. The van der Waals surface area contributed by atoms with E-state index in [1.54, 1.807) is 12.4 Å². The topological polar surface area (TPSA) is 43.4 Å². The predicted octanol–water partition coefficient (Wildman–Crippen LogP) is 1.87. The summed E-state index contributed by atoms with van der Waals surface area (Å²) in [6.07, 6.45) is 3.47. The van der Waals surface area contributed by atoms with E-state index in [4.69, 9.17) is 9.47 Å². The molecule has 0 fully saturated rings. The molecule has 1 aromatic rings. The summed E-state index contributed by atoms with van der Waals surface area (Å²) in [5, 5.41) is 3.24. The monoisotopic (exact) mass is 224 g/mol. The van der Waals surface area contributed by atoms with Crippen LogP contribution in [0.2, 0.25) is 0 Å². The number of rotatable bonds is 7. The number of pyridine rings is 1. The van der Waals surface area contributed by atoms with Crippen LogP contribution in [0.15, 0.2) is 24.5 Å². The molecule has 0 aromatic carbocycles. The molecule has 1 aromatic heterocycles. The van der Waals surface area contributed by atoms with Gasteiger partial charge in [0.1, 0.15) is 0 Å². The molecule has 1 N–H and O–H groups in total. The Morgan fingerprint density at radius 1 is 1.12 bits per heavy atom. The lowest BCUT2D eigenvalue weighted by atomic mass is 10.2. The lowest BCUT2D eigenvalue weighted by Crippen LogP contribution is -2.47. The van der Waals surface area contributed by atoms with Crippen molar-refractivity contribution in [3.05, 3.63) is 30.1 Å². The van der Waals surface area contributed by atoms with Gasteiger partial charge in [-0.1, -0.05) is 6.92 Å². The zero-order valence-electron chi connectivity index (χ0n) is 10.2. The third-order valence-electron chi connectivity index (χ3n) is 2.17. The maximum atomic E-state index is 5.74. The molecule has 1 heterocycles. The Morgan fingerprint density at radius 2 is 1.69 bits per heavy atom. The first-order valence-electron chi connectivity index (χ1n) is 5.72. The van der Waals surface area contributed by atoms with Gasteiger partial charge in [0.25, 0.3) is 5.91 Å². The number of nitrogens with zero attached hydrogens (tertiary/aromatic N) is 1. The van der Waals surface area contributed by atoms with Crippen molar-refractivity contribution in [2.24, 2.45) is 0 Å². The zero-order valence-corrected chi connectivity index (χ0v) is 10.2. The van der Waals surface area contributed by atoms with Gasteiger partial charge in [-0.3, -0.25) is 10.3 Å². The van der Waals surface area contributed by atoms with Gasteiger partial charge in [-0.15, -0.1) is 0 Å². The zero-order chi connectivity index (χ0) is 11.9. The van der Waals surface area contributed by atoms with Crippen molar-refractivity contribution in [2.45, 2.75) is 26.7 Å². The van der Waals surface area contributed by atoms with Crippen LogP contribution in [0.4, 0.5) is 0 Å². The van der Waals surface area contributed by atoms with E-state index in [-0.39, 0.29) is 0 Å². The van der Waals surface area contributed by atoms with Crippen LogP contribution in [0.25, 0.3) is 0 Å². The number of aromatic nitrogens is 1. The Hall–Kier alpha value is -0.970. The fourth-order valence-electron chi connectivity index (χ4n) is 1.62. The highest BCUT2D eigenvalue weighted by molar-refractivity contribution is 5.16. The maximum Gasteiger partial charge on any atom is 0.255 e. The van der Waals surface area contributed by atoms with Crippen molar-refractivity contribution >= 4 is 0 Å². The summed E-state index contributed by atoms with van der Waals surface area (Å²) in [5.41, 5.74) is 0.938. The smallest absolute Gasteiger partial charge is 0.255 e. The van der Waals surface area contributed by atoms with Crippen molar-refractivity contribution in [3.8, 4) is 0 Å². The van der Waals surface area contributed by atoms with Crippen LogP contribution in [0, 0.1) is 0 Å². The van der Waals surface area contributed by atoms with E-state index >= 15 is 0 Å². The molecule has 16 heavy (non-hydrogen) atoms. The lowest BCUT2D eigenvalue weighted by molar-refractivity contribution is -0.262. The van der Waals surface area contributed by atoms with Crippen molar-refractivity contribution in [3.63, 3.8) is 0 Å². The Labute approximate surface area is 97.0 Å². The van der Waals surface area contributed by atoms with E-state index in [0.29, 0.717) is 13.2 Å². The number of hydrogen-bond donors (Lipinski definition) is 1. The summed E-state index contributed by atoms with van der Waals surface area (Å²) in [5.74, 6) is -0.846. The molecule has 0 bridgehead atoms. The van der Waals surface area contributed by atoms with Crippen molar-refractivity contribution < 1.29 is 9.47 Å². The SMILES string of the molecule is CCNC(OCC)(OCC)c1ccncc1. The Bertz CT molecular complexity index is 273. The number of ether oxygens (including phenoxy) is 2. The third-order valence-corrected chi connectivity index (χ3v) is 2.17. The quantitative estimate of drug-likeness (QED) is 0.718. The Balaban J connectivity index is 2.99. The van der Waals surface area contributed by atoms with Gasteiger partial charge in [-0.2, -0.15) is 0 Å². The maximum absolute atomic E-state index is 5.74. The largest absolute Gasteiger partial charge is 0.334 e. The highest BCUT2D eigenvalue weighted by atomic mass is 16.7. The first kappa shape index (κ1) is 13.1. The van der Waals surface area contributed by atoms with Gasteiger partial charge in [0, 0.05) is 31.2 Å². The van der Waals surface area contributed by atoms with Gasteiger partial charge in [0.2, 0.25) is 0 Å². The molecule has 0 aliphatic rings. The van der Waals surface area contributed by atoms with Crippen LogP contribution >= 0.6 is 0 Å². The minimum absolute atomic E-state index is 0.579. The van der Waals surface area contributed by atoms with Crippen molar-refractivity contribution in [1.82, 2.24) is 10.3 Å². The standard InChI is InChI=1S/C12H20N2O2/c1-4-14-12(15-5-2,16-6-3)11-7-9-13-10-8-11/h7-10,14H,4-6H2,1-3H3. The van der Waals surface area contributed by atoms with Gasteiger partial charge < -0.3 is 9.47 Å². The number of hydrogen-bond acceptors (Lipinski definition) is 4. The van der Waals surface area contributed by atoms with Crippen LogP contribution in [-0.4, -0.2) is 24.7 Å². The van der Waals surface area contributed by atoms with E-state index in [1.165, 1.54) is 0 Å². The van der Waals surface area contributed by atoms with Gasteiger partial charge in [-0.05, 0) is 32.5 Å². The van der Waals surface area contributed by atoms with E-state index in [1.807, 2.05) is 32.9 Å². The van der Waals surface area contributed by atoms with Gasteiger partial charge in [0.05, 0.1) is 0 Å². The molecule has 0 saturated carbocycles. The van der Waals surface area contributed by atoms with E-state index in [2.05, 4.69) is 10.3 Å². The summed E-state index contributed by atoms with van der Waals surface area (Å²) >= 11 is 0. The average molecular weight is 224 g/mol. The average Bonchev–Trinajstić information content (AvgIpc) is 2.31. The minimum atomic E-state index is -0.846. The number of nitrogens with one attached hydrogen (secondary N) is 1. The Kier molecular flexibility index (Phi) is 5.38.